The van der Waals surface area contributed by atoms with Crippen LogP contribution in [0.4, 0.5) is 15.2 Å². The van der Waals surface area contributed by atoms with Gasteiger partial charge in [0.15, 0.2) is 0 Å². The van der Waals surface area contributed by atoms with Gasteiger partial charge in [0.1, 0.15) is 10.8 Å². The third-order valence-corrected chi connectivity index (χ3v) is 6.50. The molecule has 1 heterocycles. The number of anilines is 2. The lowest BCUT2D eigenvalue weighted by atomic mass is 10.2. The molecule has 3 aromatic rings. The van der Waals surface area contributed by atoms with E-state index in [-0.39, 0.29) is 22.1 Å². The van der Waals surface area contributed by atoms with E-state index < -0.39 is 21.7 Å². The van der Waals surface area contributed by atoms with Crippen molar-refractivity contribution >= 4 is 38.1 Å². The standard InChI is InChI=1S/C19H19FN4O3S2/c1-11(2)18-22-23-19(28-18)21-17(25)13-5-4-6-14(9-13)24-29(26,27)15-8-7-12(3)16(20)10-15/h4-11,24H,1-3H3,(H,21,23,25). The number of rotatable bonds is 6. The predicted molar refractivity (Wildman–Crippen MR) is 110 cm³/mol. The molecule has 7 nitrogen and oxygen atoms in total. The lowest BCUT2D eigenvalue weighted by molar-refractivity contribution is 0.102. The number of aromatic nitrogens is 2. The smallest absolute Gasteiger partial charge is 0.261 e. The van der Waals surface area contributed by atoms with Crippen molar-refractivity contribution in [3.8, 4) is 0 Å². The van der Waals surface area contributed by atoms with Crippen LogP contribution >= 0.6 is 11.3 Å². The van der Waals surface area contributed by atoms with Crippen molar-refractivity contribution < 1.29 is 17.6 Å². The van der Waals surface area contributed by atoms with Crippen LogP contribution in [0, 0.1) is 12.7 Å². The Balaban J connectivity index is 1.77. The minimum Gasteiger partial charge on any atom is -0.296 e. The third-order valence-electron chi connectivity index (χ3n) is 3.99. The zero-order valence-electron chi connectivity index (χ0n) is 15.9. The molecule has 0 fully saturated rings. The van der Waals surface area contributed by atoms with Crippen LogP contribution in [-0.2, 0) is 10.0 Å². The van der Waals surface area contributed by atoms with E-state index in [0.717, 1.165) is 11.1 Å². The van der Waals surface area contributed by atoms with Gasteiger partial charge in [0.05, 0.1) is 4.90 Å². The Hall–Kier alpha value is -2.85. The SMILES string of the molecule is Cc1ccc(S(=O)(=O)Nc2cccc(C(=O)Nc3nnc(C(C)C)s3)c2)cc1F. The molecule has 29 heavy (non-hydrogen) atoms. The van der Waals surface area contributed by atoms with E-state index in [1.54, 1.807) is 19.1 Å². The quantitative estimate of drug-likeness (QED) is 0.607. The summed E-state index contributed by atoms with van der Waals surface area (Å²) in [5.41, 5.74) is 0.764. The molecule has 0 aliphatic rings. The molecule has 152 valence electrons. The predicted octanol–water partition coefficient (Wildman–Crippen LogP) is 4.16. The summed E-state index contributed by atoms with van der Waals surface area (Å²) in [6.07, 6.45) is 0. The van der Waals surface area contributed by atoms with Crippen LogP contribution in [0.1, 0.15) is 40.7 Å². The number of nitrogens with zero attached hydrogens (tertiary/aromatic N) is 2. The molecule has 0 aliphatic heterocycles. The number of hydrogen-bond donors (Lipinski definition) is 2. The Morgan fingerprint density at radius 1 is 1.14 bits per heavy atom. The van der Waals surface area contributed by atoms with Gasteiger partial charge in [-0.05, 0) is 42.8 Å². The highest BCUT2D eigenvalue weighted by Crippen LogP contribution is 2.24. The number of halogens is 1. The summed E-state index contributed by atoms with van der Waals surface area (Å²) >= 11 is 1.28. The van der Waals surface area contributed by atoms with Crippen molar-refractivity contribution in [2.45, 2.75) is 31.6 Å². The molecule has 0 bridgehead atoms. The molecular formula is C19H19FN4O3S2. The summed E-state index contributed by atoms with van der Waals surface area (Å²) in [6.45, 7) is 5.49. The number of amides is 1. The molecule has 2 aromatic carbocycles. The molecule has 3 rings (SSSR count). The monoisotopic (exact) mass is 434 g/mol. The van der Waals surface area contributed by atoms with Crippen LogP contribution in [0.25, 0.3) is 0 Å². The molecule has 1 aromatic heterocycles. The van der Waals surface area contributed by atoms with Crippen LogP contribution < -0.4 is 10.0 Å². The van der Waals surface area contributed by atoms with Crippen LogP contribution in [0.15, 0.2) is 47.4 Å². The first-order chi connectivity index (χ1) is 13.7. The first-order valence-corrected chi connectivity index (χ1v) is 11.0. The number of sulfonamides is 1. The maximum atomic E-state index is 13.7. The second kappa shape index (κ2) is 8.26. The van der Waals surface area contributed by atoms with Gasteiger partial charge in [-0.25, -0.2) is 12.8 Å². The Labute approximate surface area is 172 Å². The number of nitrogens with one attached hydrogen (secondary N) is 2. The Morgan fingerprint density at radius 2 is 1.90 bits per heavy atom. The molecule has 0 saturated heterocycles. The fourth-order valence-electron chi connectivity index (χ4n) is 2.37. The topological polar surface area (TPSA) is 101 Å². The highest BCUT2D eigenvalue weighted by atomic mass is 32.2. The Morgan fingerprint density at radius 3 is 2.55 bits per heavy atom. The van der Waals surface area contributed by atoms with Crippen molar-refractivity contribution in [3.05, 3.63) is 64.4 Å². The van der Waals surface area contributed by atoms with E-state index in [1.807, 2.05) is 13.8 Å². The molecule has 0 atom stereocenters. The fraction of sp³-hybridized carbons (Fsp3) is 0.211. The van der Waals surface area contributed by atoms with Crippen molar-refractivity contribution in [3.63, 3.8) is 0 Å². The van der Waals surface area contributed by atoms with E-state index in [1.165, 1.54) is 35.6 Å². The minimum atomic E-state index is -4.00. The molecule has 0 spiro atoms. The van der Waals surface area contributed by atoms with Crippen molar-refractivity contribution in [1.29, 1.82) is 0 Å². The van der Waals surface area contributed by atoms with Gasteiger partial charge in [-0.3, -0.25) is 14.8 Å². The van der Waals surface area contributed by atoms with Gasteiger partial charge in [0, 0.05) is 17.2 Å². The average molecular weight is 435 g/mol. The van der Waals surface area contributed by atoms with E-state index >= 15 is 0 Å². The second-order valence-corrected chi connectivity index (χ2v) is 9.34. The summed E-state index contributed by atoms with van der Waals surface area (Å²) in [5, 5.41) is 11.7. The van der Waals surface area contributed by atoms with Crippen LogP contribution in [0.5, 0.6) is 0 Å². The number of carbonyl (C=O) groups excluding carboxylic acids is 1. The maximum absolute atomic E-state index is 13.7. The molecular weight excluding hydrogens is 415 g/mol. The number of carbonyl (C=O) groups is 1. The first-order valence-electron chi connectivity index (χ1n) is 8.69. The van der Waals surface area contributed by atoms with Crippen molar-refractivity contribution in [2.24, 2.45) is 0 Å². The van der Waals surface area contributed by atoms with Gasteiger partial charge in [0.25, 0.3) is 15.9 Å². The van der Waals surface area contributed by atoms with Gasteiger partial charge in [-0.1, -0.05) is 37.3 Å². The largest absolute Gasteiger partial charge is 0.296 e. The van der Waals surface area contributed by atoms with Gasteiger partial charge in [-0.15, -0.1) is 10.2 Å². The van der Waals surface area contributed by atoms with E-state index in [9.17, 15) is 17.6 Å². The molecule has 0 unspecified atom stereocenters. The van der Waals surface area contributed by atoms with E-state index in [2.05, 4.69) is 20.2 Å². The maximum Gasteiger partial charge on any atom is 0.261 e. The fourth-order valence-corrected chi connectivity index (χ4v) is 4.17. The van der Waals surface area contributed by atoms with Gasteiger partial charge in [0.2, 0.25) is 5.13 Å². The summed E-state index contributed by atoms with van der Waals surface area (Å²) in [4.78, 5) is 12.3. The molecule has 10 heteroatoms. The van der Waals surface area contributed by atoms with Crippen LogP contribution in [-0.4, -0.2) is 24.5 Å². The molecule has 0 aliphatic carbocycles. The van der Waals surface area contributed by atoms with E-state index in [4.69, 9.17) is 0 Å². The Kier molecular flexibility index (Phi) is 5.94. The zero-order valence-corrected chi connectivity index (χ0v) is 17.6. The van der Waals surface area contributed by atoms with Crippen LogP contribution in [0.2, 0.25) is 0 Å². The molecule has 0 radical (unpaired) electrons. The molecule has 0 saturated carbocycles. The average Bonchev–Trinajstić information content (AvgIpc) is 3.12. The zero-order chi connectivity index (χ0) is 21.2. The third kappa shape index (κ3) is 4.96. The van der Waals surface area contributed by atoms with Gasteiger partial charge in [-0.2, -0.15) is 0 Å². The normalized spacial score (nSPS) is 11.5. The lowest BCUT2D eigenvalue weighted by Crippen LogP contribution is -2.15. The summed E-state index contributed by atoms with van der Waals surface area (Å²) in [6, 6.07) is 9.64. The van der Waals surface area contributed by atoms with E-state index in [0.29, 0.717) is 10.7 Å². The number of aryl methyl sites for hydroxylation is 1. The summed E-state index contributed by atoms with van der Waals surface area (Å²) in [7, 11) is -4.00. The van der Waals surface area contributed by atoms with Crippen molar-refractivity contribution in [1.82, 2.24) is 10.2 Å². The van der Waals surface area contributed by atoms with Gasteiger partial charge >= 0.3 is 0 Å². The summed E-state index contributed by atoms with van der Waals surface area (Å²) in [5.74, 6) is -0.861. The van der Waals surface area contributed by atoms with Crippen molar-refractivity contribution in [2.75, 3.05) is 10.0 Å². The minimum absolute atomic E-state index is 0.179. The molecule has 2 N–H and O–H groups in total. The lowest BCUT2D eigenvalue weighted by Gasteiger charge is -2.10. The second-order valence-electron chi connectivity index (χ2n) is 6.65. The highest BCUT2D eigenvalue weighted by molar-refractivity contribution is 7.92. The van der Waals surface area contributed by atoms with Gasteiger partial charge < -0.3 is 0 Å². The first kappa shape index (κ1) is 20.9. The summed E-state index contributed by atoms with van der Waals surface area (Å²) < 4.78 is 41.1. The van der Waals surface area contributed by atoms with Crippen LogP contribution in [0.3, 0.4) is 0 Å². The molecule has 1 amide bonds. The number of hydrogen-bond acceptors (Lipinski definition) is 6. The highest BCUT2D eigenvalue weighted by Gasteiger charge is 2.17. The Bertz CT molecular complexity index is 1160. The number of benzene rings is 2.